The Morgan fingerprint density at radius 2 is 0.633 bits per heavy atom. The Labute approximate surface area is 903 Å². The number of nitrogen functional groups attached to an aromatic ring is 6. The lowest BCUT2D eigenvalue weighted by molar-refractivity contribution is -0.143. The Bertz CT molecular complexity index is 7650. The van der Waals surface area contributed by atoms with Crippen molar-refractivity contribution in [3.05, 3.63) is 294 Å². The van der Waals surface area contributed by atoms with Gasteiger partial charge in [-0.2, -0.15) is 19.9 Å². The van der Waals surface area contributed by atoms with E-state index in [1.807, 2.05) is 241 Å². The number of hydrogen-bond acceptors (Lipinski definition) is 36. The number of esters is 3. The summed E-state index contributed by atoms with van der Waals surface area (Å²) in [5.74, 6) is 2.52. The number of halogens is 7. The fourth-order valence-corrected chi connectivity index (χ4v) is 17.1. The van der Waals surface area contributed by atoms with E-state index in [0.29, 0.717) is 145 Å². The number of nitrogens with two attached hydrogens (primary N) is 6. The SMILES string of the molecule is CC(=O)OCc1ccc(Cn2cnc3c(N)nc(I)nc32)cc1.CCCCc1nc(N)c2nc(Br)n(Cc3ccc(COC(C)=O)cc3)c2n1.CCCCc1nc(N)c2ncn(Cc3ccc(COC(C)=O)cc3)c2n1.Nc1nc(Cl)c2[nH]cnc2n1.Nc1nc(Cl)c2ncn(Cc3ccc(CO)cc3)c2n1.Nc1nc(I)nc2c1ncn2Cc1ccc(CO)cc1.OCc1ccc(Cn2cnc3c(Cl)nc(I)nc32)cc1. The minimum Gasteiger partial charge on any atom is -0.461 e. The lowest BCUT2D eigenvalue weighted by Crippen LogP contribution is -2.06. The second-order valence-corrected chi connectivity index (χ2v) is 37.4. The fourth-order valence-electron chi connectivity index (χ4n) is 14.4. The maximum Gasteiger partial charge on any atom is 0.302 e. The predicted molar refractivity (Wildman–Crippen MR) is 586 cm³/mol. The van der Waals surface area contributed by atoms with Gasteiger partial charge in [0.1, 0.15) is 64.6 Å². The predicted octanol–water partition coefficient (Wildman–Crippen LogP) is 15.0. The van der Waals surface area contributed by atoms with E-state index in [9.17, 15) is 14.4 Å². The van der Waals surface area contributed by atoms with Crippen LogP contribution in [0, 0.1) is 11.5 Å². The Morgan fingerprint density at radius 1 is 0.340 bits per heavy atom. The summed E-state index contributed by atoms with van der Waals surface area (Å²) in [6, 6.07) is 46.8. The molecule has 0 atom stereocenters. The monoisotopic (exact) mass is 2450 g/mol. The van der Waals surface area contributed by atoms with Crippen LogP contribution in [-0.4, -0.2) is 170 Å². The fraction of sp³-hybridized carbons (Fsp3) is 0.237. The lowest BCUT2D eigenvalue weighted by atomic mass is 10.1. The zero-order valence-electron chi connectivity index (χ0n) is 79.5. The standard InChI is InChI=1S/C19H22BrN5O2.C19H23N5O2.C15H14IN5O2.C13H10ClIN4O.C13H12ClN5O.C13H12IN5O.C5H4ClN5/c1-3-4-5-15-22-17(21)16-18(23-15)25(19(20)24-16)10-13-6-8-14(9-7-13)11-27-12(2)26;1-3-4-5-16-22-18(20)17-19(23-16)24(12-21-17)10-14-6-8-15(9-7-14)11-26-13(2)25;1-9(22)23-7-11-4-2-10(3-5-11)6-21-8-18-12-13(17)19-15(16)20-14(12)21;2*14-11-10-12(18-13(15)17-11)19(7-16-10)5-8-1-3-9(6-20)4-2-8;14-13-17-11(15)10-12(18-13)19(7-16-10)5-8-1-3-9(6-20)4-2-8;6-3-2-4(9-1-8-2)11-5(7)10-3/h6-9H,3-5,10-11H2,1-2H3,(H2,21,22,23);6-9,12H,3-5,10-11H2,1-2H3,(H2,20,22,23);2-5,8H,6-7H2,1H3,(H2,17,19,20);1-4,7,20H,5-6H2;2*1-4,7,20H,5-6H2,(H2,15,17,18);1H,(H3,7,8,9,10,11). The number of nitrogens with one attached hydrogen (secondary N) is 1. The third-order valence-corrected chi connectivity index (χ3v) is 24.7. The van der Waals surface area contributed by atoms with Gasteiger partial charge in [-0.25, -0.2) is 84.7 Å². The number of aliphatic hydroxyl groups excluding tert-OH is 3. The number of nitrogens with zero attached hydrogens (tertiary/aromatic N) is 27. The molecule has 0 aliphatic heterocycles. The molecule has 20 rings (SSSR count). The number of carbonyl (C=O) groups excluding carboxylic acids is 3. The van der Waals surface area contributed by atoms with E-state index in [1.54, 1.807) is 31.6 Å². The molecule has 0 aliphatic carbocycles. The smallest absolute Gasteiger partial charge is 0.302 e. The van der Waals surface area contributed by atoms with Crippen molar-refractivity contribution in [2.75, 3.05) is 34.4 Å². The van der Waals surface area contributed by atoms with Crippen molar-refractivity contribution in [3.63, 3.8) is 0 Å². The van der Waals surface area contributed by atoms with E-state index in [2.05, 4.69) is 139 Å². The number of benzene rings is 6. The van der Waals surface area contributed by atoms with Crippen LogP contribution in [-0.2, 0) is 120 Å². The summed E-state index contributed by atoms with van der Waals surface area (Å²) >= 11 is 27.4. The first-order chi connectivity index (χ1) is 70.8. The number of aliphatic hydroxyl groups is 3. The highest BCUT2D eigenvalue weighted by Gasteiger charge is 2.21. The van der Waals surface area contributed by atoms with Gasteiger partial charge in [-0.05, 0) is 95.5 Å². The van der Waals surface area contributed by atoms with Gasteiger partial charge >= 0.3 is 17.9 Å². The number of H-pyrrole nitrogens is 1. The number of imidazole rings is 7. The summed E-state index contributed by atoms with van der Waals surface area (Å²) in [4.78, 5) is 124. The van der Waals surface area contributed by atoms with Crippen LogP contribution < -0.4 is 34.4 Å². The molecule has 16 N–H and O–H groups in total. The van der Waals surface area contributed by atoms with Gasteiger partial charge in [0, 0.05) is 101 Å². The molecule has 6 aromatic carbocycles. The van der Waals surface area contributed by atoms with E-state index in [0.717, 1.165) is 140 Å². The third kappa shape index (κ3) is 29.6. The first-order valence-electron chi connectivity index (χ1n) is 45.3. The van der Waals surface area contributed by atoms with Crippen LogP contribution in [0.15, 0.2) is 188 Å². The van der Waals surface area contributed by atoms with Crippen LogP contribution in [0.3, 0.4) is 0 Å². The zero-order chi connectivity index (χ0) is 104. The molecule has 0 fully saturated rings. The molecule has 0 unspecified atom stereocenters. The summed E-state index contributed by atoms with van der Waals surface area (Å²) in [6.45, 7) is 13.2. The highest BCUT2D eigenvalue weighted by Crippen LogP contribution is 2.30. The number of unbranched alkanes of at least 4 members (excludes halogenated alkanes) is 2. The number of aromatic amines is 1. The summed E-state index contributed by atoms with van der Waals surface area (Å²) in [6.07, 6.45) is 15.8. The molecule has 50 heteroatoms. The number of rotatable bonds is 27. The summed E-state index contributed by atoms with van der Waals surface area (Å²) in [5, 5.41) is 28.0. The Balaban J connectivity index is 0.000000137. The summed E-state index contributed by atoms with van der Waals surface area (Å²) in [5.41, 5.74) is 55.8. The Hall–Kier alpha value is -14.2. The second kappa shape index (κ2) is 51.7. The van der Waals surface area contributed by atoms with Crippen LogP contribution in [0.4, 0.5) is 35.2 Å². The van der Waals surface area contributed by atoms with E-state index in [4.69, 9.17) is 98.7 Å². The number of aromatic nitrogens is 28. The molecule has 758 valence electrons. The molecular weight excluding hydrogens is 2350 g/mol. The second-order valence-electron chi connectivity index (χ2n) is 32.7. The molecule has 43 nitrogen and oxygen atoms in total. The van der Waals surface area contributed by atoms with Crippen molar-refractivity contribution in [1.82, 2.24) is 137 Å². The third-order valence-electron chi connectivity index (χ3n) is 21.8. The number of aryl methyl sites for hydroxylation is 2. The highest BCUT2D eigenvalue weighted by molar-refractivity contribution is 14.1. The Morgan fingerprint density at radius 3 is 1.00 bits per heavy atom. The minimum absolute atomic E-state index is 0.0354. The topological polar surface area (TPSA) is 612 Å². The van der Waals surface area contributed by atoms with Crippen LogP contribution >= 0.6 is 119 Å². The van der Waals surface area contributed by atoms with Gasteiger partial charge in [0.05, 0.1) is 97.1 Å². The summed E-state index contributed by atoms with van der Waals surface area (Å²) in [7, 11) is 0. The molecule has 14 aromatic heterocycles. The maximum absolute atomic E-state index is 10.9. The van der Waals surface area contributed by atoms with Crippen molar-refractivity contribution in [1.29, 1.82) is 0 Å². The largest absolute Gasteiger partial charge is 0.461 e. The van der Waals surface area contributed by atoms with Crippen LogP contribution in [0.2, 0.25) is 15.5 Å². The molecule has 20 aromatic rings. The van der Waals surface area contributed by atoms with Crippen LogP contribution in [0.5, 0.6) is 0 Å². The number of fused-ring (bicyclic) bond motifs is 7. The lowest BCUT2D eigenvalue weighted by Gasteiger charge is -2.08. The first-order valence-corrected chi connectivity index (χ1v) is 50.4. The van der Waals surface area contributed by atoms with Crippen LogP contribution in [0.25, 0.3) is 78.1 Å². The van der Waals surface area contributed by atoms with Gasteiger partial charge in [0.15, 0.2) is 100 Å². The molecule has 0 saturated heterocycles. The maximum atomic E-state index is 10.9. The van der Waals surface area contributed by atoms with Gasteiger partial charge in [-0.3, -0.25) is 19.0 Å². The van der Waals surface area contributed by atoms with Gasteiger partial charge in [-0.15, -0.1) is 0 Å². The molecule has 0 radical (unpaired) electrons. The quantitative estimate of drug-likeness (QED) is 0.00571. The van der Waals surface area contributed by atoms with Crippen molar-refractivity contribution in [2.24, 2.45) is 0 Å². The normalized spacial score (nSPS) is 11.0. The average Bonchev–Trinajstić information content (AvgIpc) is 1.65. The van der Waals surface area contributed by atoms with E-state index < -0.39 is 0 Å². The first kappa shape index (κ1) is 109. The molecule has 0 bridgehead atoms. The molecular formula is C97H97BrCl3I3N34O9. The Kier molecular flexibility index (Phi) is 38.2. The molecule has 0 spiro atoms. The number of ether oxygens (including phenoxy) is 3. The number of carbonyl (C=O) groups is 3. The van der Waals surface area contributed by atoms with Gasteiger partial charge in [0.25, 0.3) is 0 Å². The highest BCUT2D eigenvalue weighted by atomic mass is 127. The molecule has 0 aliphatic rings. The van der Waals surface area contributed by atoms with E-state index in [-0.39, 0.29) is 74.6 Å². The molecule has 0 amide bonds. The van der Waals surface area contributed by atoms with Gasteiger partial charge < -0.3 is 91.8 Å². The molecule has 147 heavy (non-hydrogen) atoms. The number of hydrogen-bond donors (Lipinski definition) is 10. The van der Waals surface area contributed by atoms with E-state index in [1.165, 1.54) is 27.1 Å². The number of anilines is 6. The molecule has 0 saturated carbocycles. The minimum atomic E-state index is -0.288. The van der Waals surface area contributed by atoms with E-state index >= 15 is 0 Å². The van der Waals surface area contributed by atoms with Gasteiger partial charge in [0.2, 0.25) is 11.9 Å². The van der Waals surface area contributed by atoms with Gasteiger partial charge in [-0.1, -0.05) is 207 Å². The van der Waals surface area contributed by atoms with Crippen molar-refractivity contribution < 1.29 is 43.9 Å². The van der Waals surface area contributed by atoms with Crippen LogP contribution in [0.1, 0.15) is 139 Å². The van der Waals surface area contributed by atoms with Crippen molar-refractivity contribution in [2.45, 2.75) is 152 Å². The average molecular weight is 2450 g/mol. The van der Waals surface area contributed by atoms with Crippen molar-refractivity contribution in [3.8, 4) is 0 Å². The zero-order valence-corrected chi connectivity index (χ0v) is 89.9. The summed E-state index contributed by atoms with van der Waals surface area (Å²) < 4.78 is 29.0. The molecule has 14 heterocycles. The van der Waals surface area contributed by atoms with Crippen molar-refractivity contribution >= 4 is 250 Å².